The van der Waals surface area contributed by atoms with E-state index in [0.717, 1.165) is 10.4 Å². The third-order valence-corrected chi connectivity index (χ3v) is 5.32. The van der Waals surface area contributed by atoms with Crippen molar-refractivity contribution in [3.63, 3.8) is 0 Å². The van der Waals surface area contributed by atoms with E-state index in [1.54, 1.807) is 30.3 Å². The van der Waals surface area contributed by atoms with E-state index in [1.165, 1.54) is 29.5 Å². The zero-order valence-electron chi connectivity index (χ0n) is 12.6. The summed E-state index contributed by atoms with van der Waals surface area (Å²) in [5.74, 6) is -0.888. The Hall–Kier alpha value is -2.53. The van der Waals surface area contributed by atoms with Crippen LogP contribution in [0.4, 0.5) is 14.5 Å². The number of anilines is 1. The highest BCUT2D eigenvalue weighted by Gasteiger charge is 2.30. The van der Waals surface area contributed by atoms with E-state index in [9.17, 15) is 13.6 Å². The van der Waals surface area contributed by atoms with Crippen LogP contribution in [-0.2, 0) is 4.79 Å². The molecule has 1 N–H and O–H groups in total. The Morgan fingerprint density at radius 2 is 1.75 bits per heavy atom. The SMILES string of the molecule is O=C1C[C@@H](c2ccc(F)cc2)c2scc(-c3ccccc3F)c2N1. The molecule has 0 saturated heterocycles. The quantitative estimate of drug-likeness (QED) is 0.685. The number of nitrogens with one attached hydrogen (secondary N) is 1. The van der Waals surface area contributed by atoms with Crippen molar-refractivity contribution in [3.8, 4) is 11.1 Å². The molecule has 1 amide bonds. The number of carbonyl (C=O) groups is 1. The first-order valence-corrected chi connectivity index (χ1v) is 8.43. The Labute approximate surface area is 141 Å². The highest BCUT2D eigenvalue weighted by molar-refractivity contribution is 7.11. The Morgan fingerprint density at radius 1 is 1.00 bits per heavy atom. The molecule has 4 rings (SSSR count). The first kappa shape index (κ1) is 15.0. The van der Waals surface area contributed by atoms with E-state index in [-0.39, 0.29) is 23.5 Å². The zero-order chi connectivity index (χ0) is 16.7. The predicted octanol–water partition coefficient (Wildman–Crippen LogP) is 5.17. The molecule has 1 aliphatic rings. The molecule has 120 valence electrons. The molecular formula is C19H13F2NOS. The summed E-state index contributed by atoms with van der Waals surface area (Å²) in [5, 5.41) is 4.74. The summed E-state index contributed by atoms with van der Waals surface area (Å²) in [6.45, 7) is 0. The summed E-state index contributed by atoms with van der Waals surface area (Å²) in [7, 11) is 0. The first-order chi connectivity index (χ1) is 11.6. The number of hydrogen-bond donors (Lipinski definition) is 1. The molecule has 3 aromatic rings. The summed E-state index contributed by atoms with van der Waals surface area (Å²) in [6.07, 6.45) is 0.301. The lowest BCUT2D eigenvalue weighted by molar-refractivity contribution is -0.116. The topological polar surface area (TPSA) is 29.1 Å². The lowest BCUT2D eigenvalue weighted by Crippen LogP contribution is -2.22. The van der Waals surface area contributed by atoms with Crippen molar-refractivity contribution in [2.24, 2.45) is 0 Å². The van der Waals surface area contributed by atoms with Gasteiger partial charge < -0.3 is 5.32 Å². The average molecular weight is 341 g/mol. The van der Waals surface area contributed by atoms with Crippen LogP contribution in [0.3, 0.4) is 0 Å². The van der Waals surface area contributed by atoms with E-state index in [1.807, 2.05) is 5.38 Å². The second-order valence-corrected chi connectivity index (χ2v) is 6.64. The molecule has 1 aliphatic heterocycles. The second kappa shape index (κ2) is 5.83. The van der Waals surface area contributed by atoms with Gasteiger partial charge in [0.05, 0.1) is 5.69 Å². The van der Waals surface area contributed by atoms with Gasteiger partial charge in [-0.1, -0.05) is 30.3 Å². The summed E-state index contributed by atoms with van der Waals surface area (Å²) >= 11 is 1.49. The van der Waals surface area contributed by atoms with Gasteiger partial charge in [0.25, 0.3) is 0 Å². The number of amides is 1. The Balaban J connectivity index is 1.83. The summed E-state index contributed by atoms with van der Waals surface area (Å²) in [6, 6.07) is 12.7. The van der Waals surface area contributed by atoms with Gasteiger partial charge in [0.2, 0.25) is 5.91 Å². The molecule has 0 spiro atoms. The maximum absolute atomic E-state index is 14.1. The normalized spacial score (nSPS) is 16.6. The van der Waals surface area contributed by atoms with Crippen molar-refractivity contribution in [2.45, 2.75) is 12.3 Å². The van der Waals surface area contributed by atoms with Crippen LogP contribution in [0.5, 0.6) is 0 Å². The molecule has 24 heavy (non-hydrogen) atoms. The van der Waals surface area contributed by atoms with Crippen molar-refractivity contribution in [2.75, 3.05) is 5.32 Å². The fourth-order valence-electron chi connectivity index (χ4n) is 3.07. The van der Waals surface area contributed by atoms with Crippen LogP contribution in [0.15, 0.2) is 53.9 Å². The molecule has 1 aromatic heterocycles. The van der Waals surface area contributed by atoms with Crippen LogP contribution in [0.25, 0.3) is 11.1 Å². The third kappa shape index (κ3) is 2.51. The predicted molar refractivity (Wildman–Crippen MR) is 91.2 cm³/mol. The van der Waals surface area contributed by atoms with Crippen molar-refractivity contribution in [1.29, 1.82) is 0 Å². The van der Waals surface area contributed by atoms with E-state index < -0.39 is 0 Å². The fourth-order valence-corrected chi connectivity index (χ4v) is 4.22. The number of thiophene rings is 1. The van der Waals surface area contributed by atoms with Crippen LogP contribution in [0, 0.1) is 11.6 Å². The van der Waals surface area contributed by atoms with Crippen molar-refractivity contribution >= 4 is 22.9 Å². The minimum absolute atomic E-state index is 0.118. The molecule has 0 radical (unpaired) electrons. The van der Waals surface area contributed by atoms with E-state index in [0.29, 0.717) is 23.2 Å². The average Bonchev–Trinajstić information content (AvgIpc) is 2.99. The van der Waals surface area contributed by atoms with Crippen LogP contribution in [0.2, 0.25) is 0 Å². The maximum atomic E-state index is 14.1. The number of benzene rings is 2. The molecule has 2 heterocycles. The van der Waals surface area contributed by atoms with Gasteiger partial charge in [0, 0.05) is 33.7 Å². The molecular weight excluding hydrogens is 328 g/mol. The minimum Gasteiger partial charge on any atom is -0.325 e. The van der Waals surface area contributed by atoms with Gasteiger partial charge in [-0.25, -0.2) is 8.78 Å². The van der Waals surface area contributed by atoms with Crippen LogP contribution in [0.1, 0.15) is 22.8 Å². The molecule has 2 nitrogen and oxygen atoms in total. The van der Waals surface area contributed by atoms with Gasteiger partial charge in [-0.2, -0.15) is 0 Å². The zero-order valence-corrected chi connectivity index (χ0v) is 13.4. The Kier molecular flexibility index (Phi) is 3.65. The van der Waals surface area contributed by atoms with Crippen LogP contribution in [-0.4, -0.2) is 5.91 Å². The standard InChI is InChI=1S/C19H13F2NOS/c20-12-7-5-11(6-8-12)14-9-17(23)22-18-15(10-24-19(14)18)13-3-1-2-4-16(13)21/h1-8,10,14H,9H2,(H,22,23)/t14-/m0/s1. The van der Waals surface area contributed by atoms with E-state index in [2.05, 4.69) is 5.32 Å². The molecule has 1 atom stereocenters. The van der Waals surface area contributed by atoms with Crippen LogP contribution < -0.4 is 5.32 Å². The number of rotatable bonds is 2. The molecule has 0 saturated carbocycles. The highest BCUT2D eigenvalue weighted by Crippen LogP contribution is 2.46. The lowest BCUT2D eigenvalue weighted by atomic mass is 9.89. The Morgan fingerprint density at radius 3 is 2.50 bits per heavy atom. The number of fused-ring (bicyclic) bond motifs is 1. The number of halogens is 2. The largest absolute Gasteiger partial charge is 0.325 e. The molecule has 2 aromatic carbocycles. The third-order valence-electron chi connectivity index (χ3n) is 4.23. The molecule has 0 fully saturated rings. The van der Waals surface area contributed by atoms with Gasteiger partial charge in [-0.3, -0.25) is 4.79 Å². The smallest absolute Gasteiger partial charge is 0.225 e. The van der Waals surface area contributed by atoms with Gasteiger partial charge in [0.1, 0.15) is 11.6 Å². The van der Waals surface area contributed by atoms with E-state index >= 15 is 0 Å². The Bertz CT molecular complexity index is 917. The van der Waals surface area contributed by atoms with Gasteiger partial charge >= 0.3 is 0 Å². The molecule has 0 unspecified atom stereocenters. The summed E-state index contributed by atoms with van der Waals surface area (Å²) < 4.78 is 27.3. The molecule has 5 heteroatoms. The van der Waals surface area contributed by atoms with E-state index in [4.69, 9.17) is 0 Å². The van der Waals surface area contributed by atoms with Crippen molar-refractivity contribution in [1.82, 2.24) is 0 Å². The van der Waals surface area contributed by atoms with Crippen molar-refractivity contribution < 1.29 is 13.6 Å². The summed E-state index contributed by atoms with van der Waals surface area (Å²) in [5.41, 5.74) is 2.70. The maximum Gasteiger partial charge on any atom is 0.225 e. The van der Waals surface area contributed by atoms with Gasteiger partial charge in [-0.15, -0.1) is 11.3 Å². The minimum atomic E-state index is -0.323. The van der Waals surface area contributed by atoms with Crippen molar-refractivity contribution in [3.05, 3.63) is 76.0 Å². The molecule has 0 aliphatic carbocycles. The highest BCUT2D eigenvalue weighted by atomic mass is 32.1. The number of hydrogen-bond acceptors (Lipinski definition) is 2. The van der Waals surface area contributed by atoms with Crippen LogP contribution >= 0.6 is 11.3 Å². The fraction of sp³-hybridized carbons (Fsp3) is 0.105. The van der Waals surface area contributed by atoms with Gasteiger partial charge in [0.15, 0.2) is 0 Å². The first-order valence-electron chi connectivity index (χ1n) is 7.55. The summed E-state index contributed by atoms with van der Waals surface area (Å²) in [4.78, 5) is 13.1. The number of carbonyl (C=O) groups excluding carboxylic acids is 1. The molecule has 0 bridgehead atoms. The van der Waals surface area contributed by atoms with Gasteiger partial charge in [-0.05, 0) is 23.8 Å². The lowest BCUT2D eigenvalue weighted by Gasteiger charge is -2.24. The monoisotopic (exact) mass is 341 g/mol. The second-order valence-electron chi connectivity index (χ2n) is 5.72.